The number of anilines is 1. The Labute approximate surface area is 148 Å². The van der Waals surface area contributed by atoms with Gasteiger partial charge in [0.05, 0.1) is 5.02 Å². The van der Waals surface area contributed by atoms with Crippen LogP contribution in [0.1, 0.15) is 19.4 Å². The molecule has 0 bridgehead atoms. The number of nitrogens with one attached hydrogen (secondary N) is 1. The molecular formula is C19H23ClN2O2. The monoisotopic (exact) mass is 346 g/mol. The van der Waals surface area contributed by atoms with Gasteiger partial charge in [-0.3, -0.25) is 9.69 Å². The second-order valence-corrected chi connectivity index (χ2v) is 5.83. The van der Waals surface area contributed by atoms with Gasteiger partial charge in [0.25, 0.3) is 5.91 Å². The smallest absolute Gasteiger partial charge is 0.262 e. The Morgan fingerprint density at radius 2 is 1.75 bits per heavy atom. The van der Waals surface area contributed by atoms with Crippen LogP contribution in [0, 0.1) is 0 Å². The zero-order chi connectivity index (χ0) is 17.4. The summed E-state index contributed by atoms with van der Waals surface area (Å²) in [6.07, 6.45) is 0. The van der Waals surface area contributed by atoms with E-state index >= 15 is 0 Å². The van der Waals surface area contributed by atoms with E-state index in [1.54, 1.807) is 12.1 Å². The van der Waals surface area contributed by atoms with Crippen molar-refractivity contribution in [2.45, 2.75) is 20.4 Å². The van der Waals surface area contributed by atoms with E-state index in [0.717, 1.165) is 25.3 Å². The highest BCUT2D eigenvalue weighted by atomic mass is 35.5. The minimum absolute atomic E-state index is 0.0784. The van der Waals surface area contributed by atoms with Crippen LogP contribution in [0.15, 0.2) is 48.5 Å². The Morgan fingerprint density at radius 1 is 1.08 bits per heavy atom. The molecule has 0 fully saturated rings. The molecule has 0 aliphatic rings. The number of benzene rings is 2. The molecule has 0 aliphatic heterocycles. The van der Waals surface area contributed by atoms with E-state index in [-0.39, 0.29) is 12.5 Å². The first kappa shape index (κ1) is 18.3. The number of halogens is 1. The van der Waals surface area contributed by atoms with Crippen molar-refractivity contribution in [3.63, 3.8) is 0 Å². The van der Waals surface area contributed by atoms with E-state index in [4.69, 9.17) is 16.3 Å². The molecule has 0 heterocycles. The van der Waals surface area contributed by atoms with Gasteiger partial charge in [0.2, 0.25) is 0 Å². The lowest BCUT2D eigenvalue weighted by atomic mass is 10.2. The highest BCUT2D eigenvalue weighted by molar-refractivity contribution is 6.32. The summed E-state index contributed by atoms with van der Waals surface area (Å²) in [5.41, 5.74) is 1.98. The van der Waals surface area contributed by atoms with Gasteiger partial charge >= 0.3 is 0 Å². The van der Waals surface area contributed by atoms with Crippen molar-refractivity contribution >= 4 is 23.2 Å². The number of hydrogen-bond donors (Lipinski definition) is 1. The molecule has 0 aromatic heterocycles. The number of ether oxygens (including phenoxy) is 1. The molecule has 2 aromatic rings. The van der Waals surface area contributed by atoms with Gasteiger partial charge in [0, 0.05) is 12.2 Å². The zero-order valence-corrected chi connectivity index (χ0v) is 14.8. The fourth-order valence-corrected chi connectivity index (χ4v) is 2.49. The first-order valence-corrected chi connectivity index (χ1v) is 8.48. The number of carbonyl (C=O) groups is 1. The molecule has 1 N–H and O–H groups in total. The predicted molar refractivity (Wildman–Crippen MR) is 98.6 cm³/mol. The topological polar surface area (TPSA) is 41.6 Å². The van der Waals surface area contributed by atoms with Crippen molar-refractivity contribution in [2.75, 3.05) is 25.0 Å². The molecule has 24 heavy (non-hydrogen) atoms. The van der Waals surface area contributed by atoms with Gasteiger partial charge in [-0.2, -0.15) is 0 Å². The summed E-state index contributed by atoms with van der Waals surface area (Å²) in [5, 5.41) is 3.31. The van der Waals surface area contributed by atoms with Crippen LogP contribution in [0.2, 0.25) is 5.02 Å². The minimum Gasteiger partial charge on any atom is -0.482 e. The minimum atomic E-state index is -0.216. The van der Waals surface area contributed by atoms with Crippen LogP contribution in [-0.2, 0) is 11.3 Å². The fraction of sp³-hybridized carbons (Fsp3) is 0.316. The predicted octanol–water partition coefficient (Wildman–Crippen LogP) is 4.20. The average Bonchev–Trinajstić information content (AvgIpc) is 2.60. The van der Waals surface area contributed by atoms with Crippen LogP contribution in [0.25, 0.3) is 0 Å². The molecular weight excluding hydrogens is 324 g/mol. The van der Waals surface area contributed by atoms with E-state index in [1.165, 1.54) is 5.56 Å². The van der Waals surface area contributed by atoms with Crippen LogP contribution in [0.3, 0.4) is 0 Å². The molecule has 2 aromatic carbocycles. The largest absolute Gasteiger partial charge is 0.482 e. The first-order chi connectivity index (χ1) is 11.6. The number of para-hydroxylation sites is 1. The van der Waals surface area contributed by atoms with Crippen molar-refractivity contribution in [3.8, 4) is 5.75 Å². The Bertz CT molecular complexity index is 655. The van der Waals surface area contributed by atoms with E-state index < -0.39 is 0 Å². The Balaban J connectivity index is 1.84. The lowest BCUT2D eigenvalue weighted by molar-refractivity contribution is -0.118. The summed E-state index contributed by atoms with van der Waals surface area (Å²) in [6.45, 7) is 7.18. The summed E-state index contributed by atoms with van der Waals surface area (Å²) < 4.78 is 5.43. The summed E-state index contributed by atoms with van der Waals surface area (Å²) in [4.78, 5) is 14.3. The standard InChI is InChI=1S/C19H23ClN2O2/c1-3-22(4-2)13-15-9-11-16(12-10-15)21-19(23)14-24-18-8-6-5-7-17(18)20/h5-12H,3-4,13-14H2,1-2H3,(H,21,23). The molecule has 0 spiro atoms. The maximum Gasteiger partial charge on any atom is 0.262 e. The Kier molecular flexibility index (Phi) is 7.09. The van der Waals surface area contributed by atoms with Crippen molar-refractivity contribution in [1.29, 1.82) is 0 Å². The highest BCUT2D eigenvalue weighted by Crippen LogP contribution is 2.23. The van der Waals surface area contributed by atoms with Gasteiger partial charge < -0.3 is 10.1 Å². The van der Waals surface area contributed by atoms with Gasteiger partial charge in [-0.1, -0.05) is 49.7 Å². The third-order valence-electron chi connectivity index (χ3n) is 3.73. The van der Waals surface area contributed by atoms with Crippen molar-refractivity contribution < 1.29 is 9.53 Å². The number of carbonyl (C=O) groups excluding carboxylic acids is 1. The summed E-state index contributed by atoms with van der Waals surface area (Å²) in [5.74, 6) is 0.287. The highest BCUT2D eigenvalue weighted by Gasteiger charge is 2.06. The molecule has 0 saturated heterocycles. The van der Waals surface area contributed by atoms with Crippen molar-refractivity contribution in [2.24, 2.45) is 0 Å². The molecule has 2 rings (SSSR count). The maximum absolute atomic E-state index is 12.0. The van der Waals surface area contributed by atoms with Crippen LogP contribution < -0.4 is 10.1 Å². The quantitative estimate of drug-likeness (QED) is 0.778. The molecule has 0 radical (unpaired) electrons. The third-order valence-corrected chi connectivity index (χ3v) is 4.05. The molecule has 0 saturated carbocycles. The molecule has 0 aliphatic carbocycles. The van der Waals surface area contributed by atoms with Crippen LogP contribution in [-0.4, -0.2) is 30.5 Å². The lowest BCUT2D eigenvalue weighted by Crippen LogP contribution is -2.22. The zero-order valence-electron chi connectivity index (χ0n) is 14.1. The number of amides is 1. The fourth-order valence-electron chi connectivity index (χ4n) is 2.30. The molecule has 5 heteroatoms. The molecule has 4 nitrogen and oxygen atoms in total. The normalized spacial score (nSPS) is 10.7. The third kappa shape index (κ3) is 5.55. The molecule has 0 atom stereocenters. The Hall–Kier alpha value is -2.04. The van der Waals surface area contributed by atoms with E-state index in [1.807, 2.05) is 36.4 Å². The summed E-state index contributed by atoms with van der Waals surface area (Å²) in [7, 11) is 0. The summed E-state index contributed by atoms with van der Waals surface area (Å²) >= 11 is 5.99. The van der Waals surface area contributed by atoms with E-state index in [9.17, 15) is 4.79 Å². The number of nitrogens with zero attached hydrogens (tertiary/aromatic N) is 1. The van der Waals surface area contributed by atoms with Crippen LogP contribution >= 0.6 is 11.6 Å². The van der Waals surface area contributed by atoms with E-state index in [2.05, 4.69) is 24.1 Å². The molecule has 128 valence electrons. The van der Waals surface area contributed by atoms with Crippen molar-refractivity contribution in [1.82, 2.24) is 4.90 Å². The summed E-state index contributed by atoms with van der Waals surface area (Å²) in [6, 6.07) is 15.0. The Morgan fingerprint density at radius 3 is 2.38 bits per heavy atom. The van der Waals surface area contributed by atoms with Crippen LogP contribution in [0.5, 0.6) is 5.75 Å². The average molecular weight is 347 g/mol. The lowest BCUT2D eigenvalue weighted by Gasteiger charge is -2.18. The molecule has 0 unspecified atom stereocenters. The second kappa shape index (κ2) is 9.30. The van der Waals surface area contributed by atoms with Crippen molar-refractivity contribution in [3.05, 3.63) is 59.1 Å². The van der Waals surface area contributed by atoms with E-state index in [0.29, 0.717) is 10.8 Å². The van der Waals surface area contributed by atoms with Gasteiger partial charge in [-0.05, 0) is 42.9 Å². The molecule has 1 amide bonds. The van der Waals surface area contributed by atoms with Gasteiger partial charge in [-0.15, -0.1) is 0 Å². The second-order valence-electron chi connectivity index (χ2n) is 5.43. The van der Waals surface area contributed by atoms with Gasteiger partial charge in [0.1, 0.15) is 5.75 Å². The van der Waals surface area contributed by atoms with Gasteiger partial charge in [0.15, 0.2) is 6.61 Å². The van der Waals surface area contributed by atoms with Gasteiger partial charge in [-0.25, -0.2) is 0 Å². The SMILES string of the molecule is CCN(CC)Cc1ccc(NC(=O)COc2ccccc2Cl)cc1. The first-order valence-electron chi connectivity index (χ1n) is 8.10. The maximum atomic E-state index is 12.0. The number of hydrogen-bond acceptors (Lipinski definition) is 3. The number of rotatable bonds is 8. The van der Waals surface area contributed by atoms with Crippen LogP contribution in [0.4, 0.5) is 5.69 Å².